The first-order valence-electron chi connectivity index (χ1n) is 6.88. The molecule has 0 spiro atoms. The van der Waals surface area contributed by atoms with Gasteiger partial charge in [0, 0.05) is 12.1 Å². The molecule has 0 radical (unpaired) electrons. The predicted octanol–water partition coefficient (Wildman–Crippen LogP) is 2.35. The first kappa shape index (κ1) is 15.6. The number of hydrogen-bond donors (Lipinski definition) is 1. The minimum absolute atomic E-state index is 0.0784. The van der Waals surface area contributed by atoms with Crippen molar-refractivity contribution < 1.29 is 24.0 Å². The Morgan fingerprint density at radius 3 is 2.92 bits per heavy atom. The number of nitrogens with zero attached hydrogens (tertiary/aromatic N) is 4. The van der Waals surface area contributed by atoms with Gasteiger partial charge in [0.1, 0.15) is 12.1 Å². The van der Waals surface area contributed by atoms with Crippen LogP contribution in [-0.2, 0) is 13.0 Å². The minimum atomic E-state index is -1.06. The number of amides is 1. The molecule has 2 aromatic rings. The topological polar surface area (TPSA) is 119 Å². The average molecular weight is 334 g/mol. The van der Waals surface area contributed by atoms with Crippen LogP contribution in [0, 0.1) is 15.9 Å². The summed E-state index contributed by atoms with van der Waals surface area (Å²) < 4.78 is 18.7. The Bertz CT molecular complexity index is 829. The van der Waals surface area contributed by atoms with Crippen molar-refractivity contribution in [2.24, 2.45) is 0 Å². The molecule has 124 valence electrons. The van der Waals surface area contributed by atoms with E-state index in [0.717, 1.165) is 18.2 Å². The van der Waals surface area contributed by atoms with Crippen LogP contribution in [0.15, 0.2) is 24.5 Å². The van der Waals surface area contributed by atoms with E-state index < -0.39 is 22.5 Å². The van der Waals surface area contributed by atoms with Crippen LogP contribution < -0.4 is 4.74 Å². The summed E-state index contributed by atoms with van der Waals surface area (Å²) in [5, 5.41) is 20.1. The van der Waals surface area contributed by atoms with E-state index in [0.29, 0.717) is 17.7 Å². The Morgan fingerprint density at radius 1 is 1.42 bits per heavy atom. The summed E-state index contributed by atoms with van der Waals surface area (Å²) in [4.78, 5) is 30.5. The summed E-state index contributed by atoms with van der Waals surface area (Å²) in [6, 6.07) is 2.95. The number of fused-ring (bicyclic) bond motifs is 1. The van der Waals surface area contributed by atoms with Gasteiger partial charge in [-0.1, -0.05) is 0 Å². The van der Waals surface area contributed by atoms with E-state index in [-0.39, 0.29) is 24.7 Å². The fraction of sp³-hybridized carbons (Fsp3) is 0.214. The molecule has 0 saturated heterocycles. The molecule has 3 rings (SSSR count). The second-order valence-electron chi connectivity index (χ2n) is 5.03. The van der Waals surface area contributed by atoms with Gasteiger partial charge in [-0.15, -0.1) is 0 Å². The molecule has 2 heterocycles. The average Bonchev–Trinajstić information content (AvgIpc) is 2.56. The Hall–Kier alpha value is -3.30. The second kappa shape index (κ2) is 6.07. The summed E-state index contributed by atoms with van der Waals surface area (Å²) in [6.07, 6.45) is 0.442. The molecule has 0 aliphatic carbocycles. The van der Waals surface area contributed by atoms with E-state index in [2.05, 4.69) is 9.97 Å². The van der Waals surface area contributed by atoms with Gasteiger partial charge in [-0.3, -0.25) is 10.1 Å². The lowest BCUT2D eigenvalue weighted by molar-refractivity contribution is -0.385. The number of hydrogen-bond acceptors (Lipinski definition) is 6. The standard InChI is InChI=1S/C14H11FN4O5/c15-8-1-2-12(11(5-8)19(22)23)24-13-9-3-4-18(14(20)21)6-10(9)16-7-17-13/h1-2,5,7H,3-4,6H2,(H,20,21). The van der Waals surface area contributed by atoms with Gasteiger partial charge in [-0.25, -0.2) is 19.2 Å². The molecule has 10 heteroatoms. The van der Waals surface area contributed by atoms with Crippen molar-refractivity contribution in [3.05, 3.63) is 51.7 Å². The normalized spacial score (nSPS) is 13.3. The molecular weight excluding hydrogens is 323 g/mol. The van der Waals surface area contributed by atoms with E-state index in [1.54, 1.807) is 0 Å². The van der Waals surface area contributed by atoms with Gasteiger partial charge < -0.3 is 14.7 Å². The summed E-state index contributed by atoms with van der Waals surface area (Å²) >= 11 is 0. The van der Waals surface area contributed by atoms with Crippen molar-refractivity contribution in [1.82, 2.24) is 14.9 Å². The molecule has 0 fully saturated rings. The molecule has 1 aliphatic rings. The van der Waals surface area contributed by atoms with Crippen molar-refractivity contribution >= 4 is 11.8 Å². The summed E-state index contributed by atoms with van der Waals surface area (Å²) in [5.41, 5.74) is 0.525. The van der Waals surface area contributed by atoms with Gasteiger partial charge in [0.25, 0.3) is 0 Å². The molecular formula is C14H11FN4O5. The third-order valence-corrected chi connectivity index (χ3v) is 3.56. The highest BCUT2D eigenvalue weighted by molar-refractivity contribution is 5.65. The molecule has 24 heavy (non-hydrogen) atoms. The molecule has 0 bridgehead atoms. The molecule has 1 aromatic heterocycles. The Kier molecular flexibility index (Phi) is 3.94. The number of aromatic nitrogens is 2. The number of benzene rings is 1. The van der Waals surface area contributed by atoms with Gasteiger partial charge in [0.15, 0.2) is 0 Å². The van der Waals surface area contributed by atoms with Crippen LogP contribution in [0.2, 0.25) is 0 Å². The molecule has 1 amide bonds. The maximum Gasteiger partial charge on any atom is 0.407 e. The third-order valence-electron chi connectivity index (χ3n) is 3.56. The van der Waals surface area contributed by atoms with Gasteiger partial charge in [-0.2, -0.15) is 0 Å². The second-order valence-corrected chi connectivity index (χ2v) is 5.03. The molecule has 0 saturated carbocycles. The quantitative estimate of drug-likeness (QED) is 0.676. The largest absolute Gasteiger partial charge is 0.465 e. The first-order valence-corrected chi connectivity index (χ1v) is 6.88. The zero-order chi connectivity index (χ0) is 17.3. The first-order chi connectivity index (χ1) is 11.5. The monoisotopic (exact) mass is 334 g/mol. The van der Waals surface area contributed by atoms with Crippen LogP contribution >= 0.6 is 0 Å². The molecule has 9 nitrogen and oxygen atoms in total. The number of ether oxygens (including phenoxy) is 1. The summed E-state index contributed by atoms with van der Waals surface area (Å²) in [5.74, 6) is -0.807. The maximum absolute atomic E-state index is 13.2. The van der Waals surface area contributed by atoms with Gasteiger partial charge in [-0.05, 0) is 18.6 Å². The Morgan fingerprint density at radius 2 is 2.21 bits per heavy atom. The zero-order valence-corrected chi connectivity index (χ0v) is 12.2. The highest BCUT2D eigenvalue weighted by Gasteiger charge is 2.26. The minimum Gasteiger partial charge on any atom is -0.465 e. The van der Waals surface area contributed by atoms with Crippen LogP contribution in [0.5, 0.6) is 11.6 Å². The Labute approximate surface area is 134 Å². The number of halogens is 1. The van der Waals surface area contributed by atoms with Crippen molar-refractivity contribution in [3.8, 4) is 11.6 Å². The molecule has 0 unspecified atom stereocenters. The summed E-state index contributed by atoms with van der Waals surface area (Å²) in [7, 11) is 0. The fourth-order valence-corrected chi connectivity index (χ4v) is 2.40. The number of nitro benzene ring substituents is 1. The lowest BCUT2D eigenvalue weighted by atomic mass is 10.1. The lowest BCUT2D eigenvalue weighted by Gasteiger charge is -2.26. The molecule has 1 aliphatic heterocycles. The lowest BCUT2D eigenvalue weighted by Crippen LogP contribution is -2.35. The van der Waals surface area contributed by atoms with Crippen LogP contribution in [-0.4, -0.2) is 37.5 Å². The highest BCUT2D eigenvalue weighted by Crippen LogP contribution is 2.34. The highest BCUT2D eigenvalue weighted by atomic mass is 19.1. The zero-order valence-electron chi connectivity index (χ0n) is 12.2. The fourth-order valence-electron chi connectivity index (χ4n) is 2.40. The van der Waals surface area contributed by atoms with Crippen molar-refractivity contribution in [1.29, 1.82) is 0 Å². The van der Waals surface area contributed by atoms with E-state index >= 15 is 0 Å². The van der Waals surface area contributed by atoms with Gasteiger partial charge >= 0.3 is 11.8 Å². The Balaban J connectivity index is 1.94. The van der Waals surface area contributed by atoms with Crippen molar-refractivity contribution in [2.45, 2.75) is 13.0 Å². The van der Waals surface area contributed by atoms with Crippen LogP contribution in [0.4, 0.5) is 14.9 Å². The van der Waals surface area contributed by atoms with Crippen molar-refractivity contribution in [3.63, 3.8) is 0 Å². The third kappa shape index (κ3) is 2.93. The number of nitro groups is 1. The van der Waals surface area contributed by atoms with Crippen LogP contribution in [0.1, 0.15) is 11.3 Å². The SMILES string of the molecule is O=C(O)N1CCc2c(ncnc2Oc2ccc(F)cc2[N+](=O)[O-])C1. The number of rotatable bonds is 3. The van der Waals surface area contributed by atoms with Gasteiger partial charge in [0.2, 0.25) is 11.6 Å². The molecule has 0 atom stereocenters. The van der Waals surface area contributed by atoms with E-state index in [9.17, 15) is 19.3 Å². The van der Waals surface area contributed by atoms with E-state index in [4.69, 9.17) is 9.84 Å². The summed E-state index contributed by atoms with van der Waals surface area (Å²) in [6.45, 7) is 0.312. The maximum atomic E-state index is 13.2. The van der Waals surface area contributed by atoms with E-state index in [1.165, 1.54) is 11.2 Å². The molecule has 1 N–H and O–H groups in total. The molecule has 1 aromatic carbocycles. The predicted molar refractivity (Wildman–Crippen MR) is 77.3 cm³/mol. The van der Waals surface area contributed by atoms with Gasteiger partial charge in [0.05, 0.1) is 23.2 Å². The van der Waals surface area contributed by atoms with Crippen molar-refractivity contribution in [2.75, 3.05) is 6.54 Å². The van der Waals surface area contributed by atoms with E-state index in [1.807, 2.05) is 0 Å². The van der Waals surface area contributed by atoms with Crippen LogP contribution in [0.25, 0.3) is 0 Å². The number of carboxylic acid groups (broad SMARTS) is 1. The van der Waals surface area contributed by atoms with Crippen LogP contribution in [0.3, 0.4) is 0 Å². The number of carbonyl (C=O) groups is 1. The smallest absolute Gasteiger partial charge is 0.407 e.